The molecule has 3 nitrogen and oxygen atoms in total. The Labute approximate surface area is 136 Å². The highest BCUT2D eigenvalue weighted by atomic mass is 35.5. The van der Waals surface area contributed by atoms with Crippen LogP contribution in [0.5, 0.6) is 0 Å². The van der Waals surface area contributed by atoms with Crippen LogP contribution in [0.1, 0.15) is 44.9 Å². The molecular formula is C16H22Cl2N2O. The van der Waals surface area contributed by atoms with E-state index in [2.05, 4.69) is 10.6 Å². The maximum Gasteiger partial charge on any atom is 0.221 e. The maximum absolute atomic E-state index is 12.0. The van der Waals surface area contributed by atoms with E-state index in [1.54, 1.807) is 6.07 Å². The Kier molecular flexibility index (Phi) is 6.65. The molecule has 1 aromatic carbocycles. The summed E-state index contributed by atoms with van der Waals surface area (Å²) in [7, 11) is 0. The standard InChI is InChI=1S/C16H22Cl2N2O/c17-13-8-5-9-14(16(13)18)19-11-10-15(21)20-12-6-3-1-2-4-7-12/h5,8-9,12,19H,1-4,6-7,10-11H2,(H,20,21). The van der Waals surface area contributed by atoms with Crippen LogP contribution in [-0.2, 0) is 4.79 Å². The highest BCUT2D eigenvalue weighted by molar-refractivity contribution is 6.43. The minimum absolute atomic E-state index is 0.104. The average Bonchev–Trinajstić information content (AvgIpc) is 2.72. The van der Waals surface area contributed by atoms with Crippen molar-refractivity contribution in [1.29, 1.82) is 0 Å². The normalized spacial score (nSPS) is 16.3. The zero-order valence-electron chi connectivity index (χ0n) is 12.1. The molecule has 1 aliphatic carbocycles. The minimum atomic E-state index is 0.104. The lowest BCUT2D eigenvalue weighted by atomic mass is 10.1. The summed E-state index contributed by atoms with van der Waals surface area (Å²) in [5.74, 6) is 0.104. The molecule has 1 aliphatic rings. The van der Waals surface area contributed by atoms with Crippen LogP contribution < -0.4 is 10.6 Å². The Morgan fingerprint density at radius 2 is 1.86 bits per heavy atom. The van der Waals surface area contributed by atoms with Crippen LogP contribution in [0.2, 0.25) is 10.0 Å². The molecule has 1 fully saturated rings. The fourth-order valence-electron chi connectivity index (χ4n) is 2.67. The first kappa shape index (κ1) is 16.4. The number of carbonyl (C=O) groups excluding carboxylic acids is 1. The van der Waals surface area contributed by atoms with E-state index in [9.17, 15) is 4.79 Å². The van der Waals surface area contributed by atoms with Gasteiger partial charge < -0.3 is 10.6 Å². The van der Waals surface area contributed by atoms with Crippen LogP contribution in [0.25, 0.3) is 0 Å². The number of carbonyl (C=O) groups is 1. The molecule has 0 atom stereocenters. The highest BCUT2D eigenvalue weighted by Gasteiger charge is 2.14. The Morgan fingerprint density at radius 3 is 2.57 bits per heavy atom. The van der Waals surface area contributed by atoms with Gasteiger partial charge in [-0.15, -0.1) is 0 Å². The second-order valence-electron chi connectivity index (χ2n) is 5.53. The molecule has 0 bridgehead atoms. The smallest absolute Gasteiger partial charge is 0.221 e. The number of halogens is 2. The summed E-state index contributed by atoms with van der Waals surface area (Å²) in [6.45, 7) is 0.554. The van der Waals surface area contributed by atoms with Crippen LogP contribution in [-0.4, -0.2) is 18.5 Å². The Bertz CT molecular complexity index is 471. The van der Waals surface area contributed by atoms with Gasteiger partial charge in [0.2, 0.25) is 5.91 Å². The summed E-state index contributed by atoms with van der Waals surface area (Å²) in [5.41, 5.74) is 0.770. The van der Waals surface area contributed by atoms with Crippen molar-refractivity contribution >= 4 is 34.8 Å². The first-order valence-electron chi connectivity index (χ1n) is 7.64. The third-order valence-electron chi connectivity index (χ3n) is 3.84. The number of hydrogen-bond donors (Lipinski definition) is 2. The molecule has 0 heterocycles. The van der Waals surface area contributed by atoms with Crippen molar-refractivity contribution in [3.05, 3.63) is 28.2 Å². The molecule has 116 valence electrons. The summed E-state index contributed by atoms with van der Waals surface area (Å²) in [6, 6.07) is 5.79. The quantitative estimate of drug-likeness (QED) is 0.773. The zero-order chi connectivity index (χ0) is 15.1. The fourth-order valence-corrected chi connectivity index (χ4v) is 3.04. The Balaban J connectivity index is 1.72. The van der Waals surface area contributed by atoms with Crippen molar-refractivity contribution in [3.63, 3.8) is 0 Å². The zero-order valence-corrected chi connectivity index (χ0v) is 13.6. The maximum atomic E-state index is 12.0. The molecule has 21 heavy (non-hydrogen) atoms. The molecule has 0 aromatic heterocycles. The SMILES string of the molecule is O=C(CCNc1cccc(Cl)c1Cl)NC1CCCCCC1. The van der Waals surface area contributed by atoms with Gasteiger partial charge in [0.15, 0.2) is 0 Å². The van der Waals surface area contributed by atoms with Crippen molar-refractivity contribution < 1.29 is 4.79 Å². The van der Waals surface area contributed by atoms with Crippen LogP contribution in [0.15, 0.2) is 18.2 Å². The highest BCUT2D eigenvalue weighted by Crippen LogP contribution is 2.29. The fraction of sp³-hybridized carbons (Fsp3) is 0.562. The second-order valence-corrected chi connectivity index (χ2v) is 6.32. The summed E-state index contributed by atoms with van der Waals surface area (Å²) >= 11 is 12.0. The number of rotatable bonds is 5. The van der Waals surface area contributed by atoms with E-state index < -0.39 is 0 Å². The van der Waals surface area contributed by atoms with Gasteiger partial charge in [-0.25, -0.2) is 0 Å². The van der Waals surface area contributed by atoms with Gasteiger partial charge >= 0.3 is 0 Å². The van der Waals surface area contributed by atoms with Crippen LogP contribution >= 0.6 is 23.2 Å². The first-order chi connectivity index (χ1) is 10.2. The summed E-state index contributed by atoms with van der Waals surface area (Å²) < 4.78 is 0. The predicted molar refractivity (Wildman–Crippen MR) is 89.2 cm³/mol. The first-order valence-corrected chi connectivity index (χ1v) is 8.39. The van der Waals surface area contributed by atoms with Gasteiger partial charge in [-0.05, 0) is 25.0 Å². The average molecular weight is 329 g/mol. The number of hydrogen-bond acceptors (Lipinski definition) is 2. The van der Waals surface area contributed by atoms with Gasteiger partial charge in [-0.3, -0.25) is 4.79 Å². The molecule has 0 unspecified atom stereocenters. The van der Waals surface area contributed by atoms with Gasteiger partial charge in [-0.2, -0.15) is 0 Å². The van der Waals surface area contributed by atoms with Gasteiger partial charge in [-0.1, -0.05) is 55.0 Å². The van der Waals surface area contributed by atoms with Crippen molar-refractivity contribution in [2.75, 3.05) is 11.9 Å². The number of nitrogens with one attached hydrogen (secondary N) is 2. The van der Waals surface area contributed by atoms with Crippen molar-refractivity contribution in [1.82, 2.24) is 5.32 Å². The van der Waals surface area contributed by atoms with E-state index >= 15 is 0 Å². The number of benzene rings is 1. The van der Waals surface area contributed by atoms with Crippen molar-refractivity contribution in [2.45, 2.75) is 51.0 Å². The minimum Gasteiger partial charge on any atom is -0.383 e. The lowest BCUT2D eigenvalue weighted by molar-refractivity contribution is -0.121. The number of anilines is 1. The number of amides is 1. The van der Waals surface area contributed by atoms with Crippen molar-refractivity contribution in [2.24, 2.45) is 0 Å². The monoisotopic (exact) mass is 328 g/mol. The molecule has 2 N–H and O–H groups in total. The molecule has 2 rings (SSSR count). The largest absolute Gasteiger partial charge is 0.383 e. The van der Waals surface area contributed by atoms with Crippen LogP contribution in [0, 0.1) is 0 Å². The molecular weight excluding hydrogens is 307 g/mol. The molecule has 1 saturated carbocycles. The van der Waals surface area contributed by atoms with E-state index in [1.165, 1.54) is 25.7 Å². The lowest BCUT2D eigenvalue weighted by Gasteiger charge is -2.16. The van der Waals surface area contributed by atoms with E-state index in [0.29, 0.717) is 29.1 Å². The Hall–Kier alpha value is -0.930. The Morgan fingerprint density at radius 1 is 1.14 bits per heavy atom. The molecule has 0 aliphatic heterocycles. The predicted octanol–water partition coefficient (Wildman–Crippen LogP) is 4.63. The van der Waals surface area contributed by atoms with Gasteiger partial charge in [0, 0.05) is 19.0 Å². The molecule has 5 heteroatoms. The molecule has 0 radical (unpaired) electrons. The van der Waals surface area contributed by atoms with Crippen LogP contribution in [0.3, 0.4) is 0 Å². The summed E-state index contributed by atoms with van der Waals surface area (Å²) in [4.78, 5) is 12.0. The van der Waals surface area contributed by atoms with Gasteiger partial charge in [0.25, 0.3) is 0 Å². The molecule has 1 aromatic rings. The van der Waals surface area contributed by atoms with E-state index in [4.69, 9.17) is 23.2 Å². The van der Waals surface area contributed by atoms with E-state index in [-0.39, 0.29) is 5.91 Å². The van der Waals surface area contributed by atoms with Gasteiger partial charge in [0.05, 0.1) is 15.7 Å². The van der Waals surface area contributed by atoms with E-state index in [0.717, 1.165) is 18.5 Å². The summed E-state index contributed by atoms with van der Waals surface area (Å²) in [5, 5.41) is 7.31. The molecule has 1 amide bonds. The van der Waals surface area contributed by atoms with E-state index in [1.807, 2.05) is 12.1 Å². The second kappa shape index (κ2) is 8.50. The molecule has 0 saturated heterocycles. The third kappa shape index (κ3) is 5.40. The van der Waals surface area contributed by atoms with Crippen molar-refractivity contribution in [3.8, 4) is 0 Å². The lowest BCUT2D eigenvalue weighted by Crippen LogP contribution is -2.35. The topological polar surface area (TPSA) is 41.1 Å². The third-order valence-corrected chi connectivity index (χ3v) is 4.66. The van der Waals surface area contributed by atoms with Crippen LogP contribution in [0.4, 0.5) is 5.69 Å². The summed E-state index contributed by atoms with van der Waals surface area (Å²) in [6.07, 6.45) is 7.70. The molecule has 0 spiro atoms. The van der Waals surface area contributed by atoms with Gasteiger partial charge in [0.1, 0.15) is 0 Å².